The third kappa shape index (κ3) is 4.68. The van der Waals surface area contributed by atoms with Crippen molar-refractivity contribution in [2.75, 3.05) is 0 Å². The van der Waals surface area contributed by atoms with Crippen molar-refractivity contribution in [3.63, 3.8) is 0 Å². The van der Waals surface area contributed by atoms with Gasteiger partial charge in [0, 0.05) is 29.7 Å². The fourth-order valence-corrected chi connectivity index (χ4v) is 5.56. The molecule has 0 saturated heterocycles. The van der Waals surface area contributed by atoms with Crippen molar-refractivity contribution in [1.29, 1.82) is 0 Å². The van der Waals surface area contributed by atoms with Gasteiger partial charge < -0.3 is 14.7 Å². The van der Waals surface area contributed by atoms with E-state index in [-0.39, 0.29) is 28.7 Å². The molecule has 168 valence electrons. The number of amides is 1. The van der Waals surface area contributed by atoms with Crippen molar-refractivity contribution in [1.82, 2.24) is 25.5 Å². The van der Waals surface area contributed by atoms with E-state index in [9.17, 15) is 9.59 Å². The van der Waals surface area contributed by atoms with E-state index in [1.807, 2.05) is 48.5 Å². The number of para-hydroxylation sites is 1. The van der Waals surface area contributed by atoms with Gasteiger partial charge in [0.2, 0.25) is 17.7 Å². The van der Waals surface area contributed by atoms with Crippen LogP contribution in [0.1, 0.15) is 38.0 Å². The van der Waals surface area contributed by atoms with E-state index in [4.69, 9.17) is 4.42 Å². The van der Waals surface area contributed by atoms with E-state index in [2.05, 4.69) is 25.5 Å². The highest BCUT2D eigenvalue weighted by Gasteiger charge is 2.35. The Kier molecular flexibility index (Phi) is 5.95. The lowest BCUT2D eigenvalue weighted by atomic mass is 9.85. The molecule has 9 heteroatoms. The van der Waals surface area contributed by atoms with Gasteiger partial charge in [-0.3, -0.25) is 9.59 Å². The Morgan fingerprint density at radius 3 is 2.70 bits per heavy atom. The Morgan fingerprint density at radius 2 is 1.88 bits per heavy atom. The predicted octanol–water partition coefficient (Wildman–Crippen LogP) is 3.91. The van der Waals surface area contributed by atoms with Gasteiger partial charge in [0.1, 0.15) is 0 Å². The molecule has 33 heavy (non-hydrogen) atoms. The molecule has 1 amide bonds. The lowest BCUT2D eigenvalue weighted by molar-refractivity contribution is -0.119. The third-order valence-corrected chi connectivity index (χ3v) is 7.09. The minimum absolute atomic E-state index is 0.0102. The highest BCUT2D eigenvalue weighted by Crippen LogP contribution is 2.40. The summed E-state index contributed by atoms with van der Waals surface area (Å²) in [7, 11) is 0. The molecule has 2 heterocycles. The lowest BCUT2D eigenvalue weighted by Gasteiger charge is -2.34. The van der Waals surface area contributed by atoms with Crippen molar-refractivity contribution < 1.29 is 9.21 Å². The Balaban J connectivity index is 1.40. The summed E-state index contributed by atoms with van der Waals surface area (Å²) in [5.41, 5.74) is 1.36. The number of carbonyl (C=O) groups excluding carboxylic acids is 1. The summed E-state index contributed by atoms with van der Waals surface area (Å²) in [6, 6.07) is 16.9. The van der Waals surface area contributed by atoms with Crippen molar-refractivity contribution in [2.45, 2.75) is 48.6 Å². The first-order chi connectivity index (χ1) is 16.1. The number of carbonyl (C=O) groups is 1. The van der Waals surface area contributed by atoms with Crippen LogP contribution in [0, 0.1) is 0 Å². The Labute approximate surface area is 194 Å². The third-order valence-electron chi connectivity index (χ3n) is 5.85. The second kappa shape index (κ2) is 9.19. The molecule has 2 aromatic heterocycles. The topological polar surface area (TPSA) is 114 Å². The summed E-state index contributed by atoms with van der Waals surface area (Å²) in [6.45, 7) is 1.52. The van der Waals surface area contributed by atoms with Crippen molar-refractivity contribution in [3.05, 3.63) is 70.8 Å². The van der Waals surface area contributed by atoms with Gasteiger partial charge in [-0.2, -0.15) is 0 Å². The summed E-state index contributed by atoms with van der Waals surface area (Å²) < 4.78 is 6.01. The maximum absolute atomic E-state index is 12.5. The van der Waals surface area contributed by atoms with Crippen molar-refractivity contribution in [2.24, 2.45) is 0 Å². The van der Waals surface area contributed by atoms with E-state index in [1.54, 1.807) is 6.07 Å². The molecule has 3 atom stereocenters. The SMILES string of the molecule is CC(=O)N[C@@H]1CC[C@@H](c2nnc(-c3ccccc3)o2)C[C@H]1Sc1nc2ccccc2c(=O)[nH]1. The smallest absolute Gasteiger partial charge is 0.259 e. The number of hydrogen-bond donors (Lipinski definition) is 2. The van der Waals surface area contributed by atoms with E-state index >= 15 is 0 Å². The van der Waals surface area contributed by atoms with Crippen LogP contribution in [0.2, 0.25) is 0 Å². The number of fused-ring (bicyclic) bond motifs is 1. The molecule has 0 radical (unpaired) electrons. The van der Waals surface area contributed by atoms with Gasteiger partial charge in [0.25, 0.3) is 5.56 Å². The average molecular weight is 462 g/mol. The number of nitrogens with one attached hydrogen (secondary N) is 2. The molecular formula is C24H23N5O3S. The minimum Gasteiger partial charge on any atom is -0.420 e. The standard InChI is InChI=1S/C24H23N5O3S/c1-14(30)25-19-12-11-16(23-29-28-22(32-23)15-7-3-2-4-8-15)13-20(19)33-24-26-18-10-6-5-9-17(18)21(31)27-24/h2-10,16,19-20H,11-13H2,1H3,(H,25,30)(H,26,27,31)/t16-,19-,20-/m1/s1. The summed E-state index contributed by atoms with van der Waals surface area (Å²) in [5, 5.41) is 12.7. The van der Waals surface area contributed by atoms with Crippen LogP contribution in [0.3, 0.4) is 0 Å². The fraction of sp³-hybridized carbons (Fsp3) is 0.292. The zero-order chi connectivity index (χ0) is 22.8. The second-order valence-electron chi connectivity index (χ2n) is 8.17. The van der Waals surface area contributed by atoms with Crippen LogP contribution in [-0.2, 0) is 4.79 Å². The molecule has 0 unspecified atom stereocenters. The van der Waals surface area contributed by atoms with Gasteiger partial charge in [-0.1, -0.05) is 42.1 Å². The van der Waals surface area contributed by atoms with E-state index in [1.165, 1.54) is 18.7 Å². The first-order valence-corrected chi connectivity index (χ1v) is 11.8. The molecule has 0 aliphatic heterocycles. The molecular weight excluding hydrogens is 438 g/mol. The van der Waals surface area contributed by atoms with Crippen LogP contribution in [-0.4, -0.2) is 37.4 Å². The van der Waals surface area contributed by atoms with Gasteiger partial charge >= 0.3 is 0 Å². The highest BCUT2D eigenvalue weighted by atomic mass is 32.2. The molecule has 1 aliphatic rings. The molecule has 8 nitrogen and oxygen atoms in total. The van der Waals surface area contributed by atoms with Crippen LogP contribution in [0.25, 0.3) is 22.4 Å². The van der Waals surface area contributed by atoms with E-state index < -0.39 is 0 Å². The first kappa shape index (κ1) is 21.4. The highest BCUT2D eigenvalue weighted by molar-refractivity contribution is 7.99. The number of aromatic nitrogens is 4. The number of nitrogens with zero attached hydrogens (tertiary/aromatic N) is 3. The van der Waals surface area contributed by atoms with Crippen LogP contribution in [0.5, 0.6) is 0 Å². The Hall–Kier alpha value is -3.46. The van der Waals surface area contributed by atoms with E-state index in [0.717, 1.165) is 18.4 Å². The Morgan fingerprint density at radius 1 is 1.09 bits per heavy atom. The zero-order valence-electron chi connectivity index (χ0n) is 18.0. The predicted molar refractivity (Wildman–Crippen MR) is 126 cm³/mol. The number of H-pyrrole nitrogens is 1. The quantitative estimate of drug-likeness (QED) is 0.433. The zero-order valence-corrected chi connectivity index (χ0v) is 18.8. The molecule has 0 bridgehead atoms. The lowest BCUT2D eigenvalue weighted by Crippen LogP contribution is -2.44. The largest absolute Gasteiger partial charge is 0.420 e. The summed E-state index contributed by atoms with van der Waals surface area (Å²) >= 11 is 1.47. The van der Waals surface area contributed by atoms with Crippen LogP contribution >= 0.6 is 11.8 Å². The number of rotatable bonds is 5. The van der Waals surface area contributed by atoms with Crippen LogP contribution in [0.15, 0.2) is 69.0 Å². The fourth-order valence-electron chi connectivity index (χ4n) is 4.27. The van der Waals surface area contributed by atoms with Gasteiger partial charge in [0.05, 0.1) is 10.9 Å². The second-order valence-corrected chi connectivity index (χ2v) is 9.40. The molecule has 4 aromatic rings. The molecule has 1 saturated carbocycles. The number of benzene rings is 2. The maximum atomic E-state index is 12.5. The maximum Gasteiger partial charge on any atom is 0.259 e. The van der Waals surface area contributed by atoms with Crippen molar-refractivity contribution in [3.8, 4) is 11.5 Å². The monoisotopic (exact) mass is 461 g/mol. The summed E-state index contributed by atoms with van der Waals surface area (Å²) in [5.74, 6) is 1.08. The normalized spacial score (nSPS) is 20.6. The average Bonchev–Trinajstić information content (AvgIpc) is 3.31. The molecule has 1 fully saturated rings. The first-order valence-electron chi connectivity index (χ1n) is 10.9. The van der Waals surface area contributed by atoms with Gasteiger partial charge in [0.15, 0.2) is 5.16 Å². The van der Waals surface area contributed by atoms with E-state index in [0.29, 0.717) is 34.3 Å². The Bertz CT molecular complexity index is 1340. The molecule has 1 aliphatic carbocycles. The molecule has 2 aromatic carbocycles. The van der Waals surface area contributed by atoms with Gasteiger partial charge in [-0.25, -0.2) is 4.98 Å². The molecule has 2 N–H and O–H groups in total. The summed E-state index contributed by atoms with van der Waals surface area (Å²) in [4.78, 5) is 31.8. The number of aromatic amines is 1. The summed E-state index contributed by atoms with van der Waals surface area (Å²) in [6.07, 6.45) is 2.30. The number of thioether (sulfide) groups is 1. The van der Waals surface area contributed by atoms with Gasteiger partial charge in [-0.15, -0.1) is 10.2 Å². The van der Waals surface area contributed by atoms with Crippen LogP contribution in [0.4, 0.5) is 0 Å². The molecule has 5 rings (SSSR count). The van der Waals surface area contributed by atoms with Crippen molar-refractivity contribution >= 4 is 28.6 Å². The van der Waals surface area contributed by atoms with Gasteiger partial charge in [-0.05, 0) is 43.5 Å². The number of hydrogen-bond acceptors (Lipinski definition) is 7. The minimum atomic E-state index is -0.170. The molecule has 0 spiro atoms. The van der Waals surface area contributed by atoms with Crippen LogP contribution < -0.4 is 10.9 Å².